The Hall–Kier alpha value is 0.679. The van der Waals surface area contributed by atoms with E-state index in [1.165, 1.54) is 0 Å². The maximum atomic E-state index is 8.89. The van der Waals surface area contributed by atoms with Gasteiger partial charge in [-0.05, 0) is 11.2 Å². The molecule has 11 heavy (non-hydrogen) atoms. The zero-order valence-corrected chi connectivity index (χ0v) is 7.78. The second-order valence-electron chi connectivity index (χ2n) is 0.816. The minimum Gasteiger partial charge on any atom is -0.780 e. The molecule has 0 aliphatic carbocycles. The van der Waals surface area contributed by atoms with Crippen LogP contribution in [0.25, 0.3) is 0 Å². The summed E-state index contributed by atoms with van der Waals surface area (Å²) in [4.78, 5) is 0. The van der Waals surface area contributed by atoms with Gasteiger partial charge in [0, 0.05) is 10.4 Å². The van der Waals surface area contributed by atoms with E-state index in [4.69, 9.17) is 30.8 Å². The van der Waals surface area contributed by atoms with Gasteiger partial charge in [-0.15, -0.1) is 9.05 Å². The molecule has 0 amide bonds. The summed E-state index contributed by atoms with van der Waals surface area (Å²) in [6.07, 6.45) is 0. The van der Waals surface area contributed by atoms with Crippen molar-refractivity contribution < 1.29 is 47.9 Å². The Bertz CT molecular complexity index is 210. The van der Waals surface area contributed by atoms with Crippen LogP contribution in [0.3, 0.4) is 0 Å². The van der Waals surface area contributed by atoms with Gasteiger partial charge in [-0.2, -0.15) is 0 Å². The first kappa shape index (κ1) is 17.7. The molecule has 0 unspecified atom stereocenters. The summed E-state index contributed by atoms with van der Waals surface area (Å²) < 4.78 is 60.8. The summed E-state index contributed by atoms with van der Waals surface area (Å²) in [6.45, 7) is 0. The molecule has 0 aromatic carbocycles. The molecule has 0 aromatic rings. The zero-order valence-electron chi connectivity index (χ0n) is 4.38. The summed E-state index contributed by atoms with van der Waals surface area (Å²) in [5.74, 6) is 0. The molecular weight excluding hydrogens is 272 g/mol. The molecular formula is CuO7S3. The SMILES string of the molecule is O=S(=O)([O-])[O-].O=S([O-])([O-])=S.[Cu+4]. The maximum absolute atomic E-state index is 8.89. The van der Waals surface area contributed by atoms with E-state index in [1.54, 1.807) is 0 Å². The van der Waals surface area contributed by atoms with E-state index >= 15 is 0 Å². The van der Waals surface area contributed by atoms with Crippen molar-refractivity contribution in [2.75, 3.05) is 0 Å². The van der Waals surface area contributed by atoms with Crippen LogP contribution in [0.2, 0.25) is 0 Å². The molecule has 7 nitrogen and oxygen atoms in total. The fraction of sp³-hybridized carbons (Fsp3) is 0. The van der Waals surface area contributed by atoms with Crippen LogP contribution < -0.4 is 0 Å². The van der Waals surface area contributed by atoms with Gasteiger partial charge in [0.15, 0.2) is 0 Å². The Morgan fingerprint density at radius 1 is 0.909 bits per heavy atom. The smallest absolute Gasteiger partial charge is 0.780 e. The standard InChI is InChI=1S/Cu.H2O4S.H2O3S2/c;2*1-5(2,3)4/h;2*(H2,1,2,3,4)/q+4;;/p-4. The summed E-state index contributed by atoms with van der Waals surface area (Å²) in [5, 5.41) is 0. The van der Waals surface area contributed by atoms with Crippen LogP contribution in [-0.4, -0.2) is 30.8 Å². The summed E-state index contributed by atoms with van der Waals surface area (Å²) in [5.41, 5.74) is 0. The van der Waals surface area contributed by atoms with Crippen molar-refractivity contribution >= 4 is 30.6 Å². The van der Waals surface area contributed by atoms with Crippen LogP contribution in [0.1, 0.15) is 0 Å². The van der Waals surface area contributed by atoms with E-state index < -0.39 is 19.5 Å². The molecule has 0 fully saturated rings. The molecule has 0 heterocycles. The van der Waals surface area contributed by atoms with Crippen LogP contribution in [-0.2, 0) is 47.7 Å². The van der Waals surface area contributed by atoms with Gasteiger partial charge >= 0.3 is 17.1 Å². The van der Waals surface area contributed by atoms with Crippen molar-refractivity contribution in [3.63, 3.8) is 0 Å². The third-order valence-electron chi connectivity index (χ3n) is 0. The van der Waals surface area contributed by atoms with Crippen molar-refractivity contribution in [2.45, 2.75) is 0 Å². The van der Waals surface area contributed by atoms with Crippen molar-refractivity contribution in [1.82, 2.24) is 0 Å². The molecule has 0 aliphatic heterocycles. The Balaban J connectivity index is -0.000000107. The van der Waals surface area contributed by atoms with Gasteiger partial charge < -0.3 is 18.2 Å². The first-order chi connectivity index (χ1) is 4.00. The number of hydrogen-bond donors (Lipinski definition) is 0. The van der Waals surface area contributed by atoms with Gasteiger partial charge in [0.2, 0.25) is 0 Å². The van der Waals surface area contributed by atoms with E-state index in [1.807, 2.05) is 0 Å². The van der Waals surface area contributed by atoms with Crippen LogP contribution in [0, 0.1) is 0 Å². The molecule has 0 atom stereocenters. The van der Waals surface area contributed by atoms with Gasteiger partial charge in [-0.3, -0.25) is 12.6 Å². The maximum Gasteiger partial charge on any atom is 4.00 e. The first-order valence-electron chi connectivity index (χ1n) is 1.33. The van der Waals surface area contributed by atoms with E-state index in [-0.39, 0.29) is 17.1 Å². The normalized spacial score (nSPS) is 10.5. The Kier molecular flexibility index (Phi) is 10.0. The van der Waals surface area contributed by atoms with Gasteiger partial charge in [0.05, 0.1) is 0 Å². The minimum absolute atomic E-state index is 0. The monoisotopic (exact) mass is 271 g/mol. The number of hydrogen-bond acceptors (Lipinski definition) is 8. The molecule has 0 spiro atoms. The third kappa shape index (κ3) is 1740. The Labute approximate surface area is 78.6 Å². The molecule has 1 radical (unpaired) electrons. The molecule has 0 bridgehead atoms. The van der Waals surface area contributed by atoms with Crippen molar-refractivity contribution in [3.8, 4) is 0 Å². The molecule has 0 saturated heterocycles. The second-order valence-corrected chi connectivity index (χ2v) is 3.67. The van der Waals surface area contributed by atoms with Gasteiger partial charge in [-0.1, -0.05) is 0 Å². The van der Waals surface area contributed by atoms with E-state index in [0.717, 1.165) is 0 Å². The van der Waals surface area contributed by atoms with E-state index in [2.05, 4.69) is 11.2 Å². The second kappa shape index (κ2) is 6.22. The predicted molar refractivity (Wildman–Crippen MR) is 27.5 cm³/mol. The quantitative estimate of drug-likeness (QED) is 0.271. The third-order valence-corrected chi connectivity index (χ3v) is 0. The molecule has 0 aliphatic rings. The fourth-order valence-electron chi connectivity index (χ4n) is 0. The van der Waals surface area contributed by atoms with Crippen molar-refractivity contribution in [1.29, 1.82) is 0 Å². The van der Waals surface area contributed by atoms with E-state index in [9.17, 15) is 0 Å². The largest absolute Gasteiger partial charge is 4.00 e. The first-order valence-corrected chi connectivity index (χ1v) is 5.00. The van der Waals surface area contributed by atoms with Crippen molar-refractivity contribution in [2.24, 2.45) is 0 Å². The van der Waals surface area contributed by atoms with Gasteiger partial charge in [0.1, 0.15) is 0 Å². The predicted octanol–water partition coefficient (Wildman–Crippen LogP) is -2.35. The Morgan fingerprint density at radius 2 is 0.909 bits per heavy atom. The topological polar surface area (TPSA) is 143 Å². The Morgan fingerprint density at radius 3 is 0.909 bits per heavy atom. The van der Waals surface area contributed by atoms with Gasteiger partial charge in [0.25, 0.3) is 0 Å². The molecule has 11 heteroatoms. The van der Waals surface area contributed by atoms with Crippen LogP contribution in [0.15, 0.2) is 0 Å². The molecule has 0 N–H and O–H groups in total. The molecule has 0 saturated carbocycles. The van der Waals surface area contributed by atoms with Crippen LogP contribution >= 0.6 is 0 Å². The molecule has 0 rings (SSSR count). The van der Waals surface area contributed by atoms with Crippen LogP contribution in [0.5, 0.6) is 0 Å². The summed E-state index contributed by atoms with van der Waals surface area (Å²) in [7, 11) is -9.50. The summed E-state index contributed by atoms with van der Waals surface area (Å²) in [6, 6.07) is 0. The average molecular weight is 272 g/mol. The minimum atomic E-state index is -5.17. The molecule has 71 valence electrons. The zero-order chi connectivity index (χ0) is 9.00. The molecule has 0 aromatic heterocycles. The van der Waals surface area contributed by atoms with Gasteiger partial charge in [-0.25, -0.2) is 0 Å². The number of rotatable bonds is 0. The summed E-state index contributed by atoms with van der Waals surface area (Å²) >= 11 is 3.24. The fourth-order valence-corrected chi connectivity index (χ4v) is 0. The average Bonchev–Trinajstić information content (AvgIpc) is 1.12. The van der Waals surface area contributed by atoms with Crippen molar-refractivity contribution in [3.05, 3.63) is 0 Å². The van der Waals surface area contributed by atoms with Crippen LogP contribution in [0.4, 0.5) is 0 Å². The van der Waals surface area contributed by atoms with E-state index in [0.29, 0.717) is 0 Å².